The Balaban J connectivity index is 3.29. The molecule has 0 fully saturated rings. The van der Waals surface area contributed by atoms with Crippen molar-refractivity contribution in [2.75, 3.05) is 12.9 Å². The van der Waals surface area contributed by atoms with Gasteiger partial charge in [-0.05, 0) is 23.8 Å². The maximum absolute atomic E-state index is 13.1. The van der Waals surface area contributed by atoms with E-state index < -0.39 is 15.7 Å². The quantitative estimate of drug-likeness (QED) is 0.855. The Morgan fingerprint density at radius 1 is 1.40 bits per heavy atom. The van der Waals surface area contributed by atoms with E-state index in [9.17, 15) is 12.8 Å². The highest BCUT2D eigenvalue weighted by Crippen LogP contribution is 2.20. The molecular formula is C10H13FO3S. The van der Waals surface area contributed by atoms with Crippen LogP contribution in [0.5, 0.6) is 0 Å². The number of hydrogen-bond acceptors (Lipinski definition) is 3. The molecule has 5 heteroatoms. The second-order valence-corrected chi connectivity index (χ2v) is 5.59. The minimum atomic E-state index is -3.41. The van der Waals surface area contributed by atoms with E-state index >= 15 is 0 Å². The van der Waals surface area contributed by atoms with Crippen LogP contribution in [0, 0.1) is 5.82 Å². The first kappa shape index (κ1) is 12.1. The smallest absolute Gasteiger partial charge is 0.175 e. The Morgan fingerprint density at radius 2 is 2.00 bits per heavy atom. The lowest BCUT2D eigenvalue weighted by atomic mass is 10.0. The van der Waals surface area contributed by atoms with Gasteiger partial charge in [0.15, 0.2) is 9.84 Å². The van der Waals surface area contributed by atoms with Gasteiger partial charge in [-0.15, -0.1) is 0 Å². The van der Waals surface area contributed by atoms with Gasteiger partial charge in [0.1, 0.15) is 5.82 Å². The molecule has 0 bridgehead atoms. The fraction of sp³-hybridized carbons (Fsp3) is 0.400. The SMILES string of the molecule is CC(CO)c1cc(F)cc(S(C)(=O)=O)c1. The van der Waals surface area contributed by atoms with Crippen molar-refractivity contribution in [1.82, 2.24) is 0 Å². The number of rotatable bonds is 3. The molecule has 1 aromatic rings. The predicted octanol–water partition coefficient (Wildman–Crippen LogP) is 1.33. The summed E-state index contributed by atoms with van der Waals surface area (Å²) in [6.45, 7) is 1.55. The van der Waals surface area contributed by atoms with Crippen LogP contribution in [0.3, 0.4) is 0 Å². The van der Waals surface area contributed by atoms with E-state index in [1.807, 2.05) is 0 Å². The molecule has 0 radical (unpaired) electrons. The van der Waals surface area contributed by atoms with Crippen LogP contribution in [0.4, 0.5) is 4.39 Å². The normalized spacial score (nSPS) is 13.9. The molecule has 1 N–H and O–H groups in total. The van der Waals surface area contributed by atoms with Gasteiger partial charge in [0.25, 0.3) is 0 Å². The van der Waals surface area contributed by atoms with Crippen molar-refractivity contribution in [2.24, 2.45) is 0 Å². The van der Waals surface area contributed by atoms with Crippen LogP contribution in [-0.4, -0.2) is 26.4 Å². The molecule has 0 spiro atoms. The van der Waals surface area contributed by atoms with E-state index in [0.29, 0.717) is 5.56 Å². The van der Waals surface area contributed by atoms with Gasteiger partial charge in [-0.25, -0.2) is 12.8 Å². The molecule has 1 unspecified atom stereocenters. The number of halogens is 1. The third-order valence-electron chi connectivity index (χ3n) is 2.16. The van der Waals surface area contributed by atoms with Gasteiger partial charge < -0.3 is 5.11 Å². The number of aliphatic hydroxyl groups excluding tert-OH is 1. The van der Waals surface area contributed by atoms with Crippen molar-refractivity contribution < 1.29 is 17.9 Å². The summed E-state index contributed by atoms with van der Waals surface area (Å²) >= 11 is 0. The van der Waals surface area contributed by atoms with Gasteiger partial charge >= 0.3 is 0 Å². The molecule has 0 amide bonds. The molecule has 84 valence electrons. The standard InChI is InChI=1S/C10H13FO3S/c1-7(6-12)8-3-9(11)5-10(4-8)15(2,13)14/h3-5,7,12H,6H2,1-2H3. The van der Waals surface area contributed by atoms with E-state index in [1.54, 1.807) is 6.92 Å². The average Bonchev–Trinajstić information content (AvgIpc) is 2.14. The number of hydrogen-bond donors (Lipinski definition) is 1. The number of benzene rings is 1. The highest BCUT2D eigenvalue weighted by molar-refractivity contribution is 7.90. The monoisotopic (exact) mass is 232 g/mol. The highest BCUT2D eigenvalue weighted by atomic mass is 32.2. The number of sulfone groups is 1. The largest absolute Gasteiger partial charge is 0.396 e. The fourth-order valence-electron chi connectivity index (χ4n) is 1.19. The van der Waals surface area contributed by atoms with Crippen molar-refractivity contribution in [3.05, 3.63) is 29.6 Å². The molecule has 0 saturated heterocycles. The van der Waals surface area contributed by atoms with Crippen LogP contribution >= 0.6 is 0 Å². The second-order valence-electron chi connectivity index (χ2n) is 3.58. The first-order valence-corrected chi connectivity index (χ1v) is 6.35. The lowest BCUT2D eigenvalue weighted by molar-refractivity contribution is 0.272. The topological polar surface area (TPSA) is 54.4 Å². The van der Waals surface area contributed by atoms with Gasteiger partial charge in [0.05, 0.1) is 4.90 Å². The molecule has 1 rings (SSSR count). The maximum Gasteiger partial charge on any atom is 0.175 e. The Morgan fingerprint density at radius 3 is 2.47 bits per heavy atom. The van der Waals surface area contributed by atoms with E-state index in [4.69, 9.17) is 5.11 Å². The van der Waals surface area contributed by atoms with Crippen molar-refractivity contribution in [2.45, 2.75) is 17.7 Å². The minimum absolute atomic E-state index is 0.0576. The molecule has 3 nitrogen and oxygen atoms in total. The fourth-order valence-corrected chi connectivity index (χ4v) is 1.87. The molecule has 1 atom stereocenters. The van der Waals surface area contributed by atoms with Crippen molar-refractivity contribution >= 4 is 9.84 Å². The van der Waals surface area contributed by atoms with Crippen molar-refractivity contribution in [3.8, 4) is 0 Å². The zero-order chi connectivity index (χ0) is 11.6. The summed E-state index contributed by atoms with van der Waals surface area (Å²) in [4.78, 5) is -0.0576. The average molecular weight is 232 g/mol. The maximum atomic E-state index is 13.1. The third kappa shape index (κ3) is 3.00. The second kappa shape index (κ2) is 4.28. The Bertz CT molecular complexity index is 454. The van der Waals surface area contributed by atoms with Gasteiger partial charge in [0, 0.05) is 18.8 Å². The molecule has 1 aromatic carbocycles. The molecule has 0 aliphatic heterocycles. The highest BCUT2D eigenvalue weighted by Gasteiger charge is 2.13. The van der Waals surface area contributed by atoms with E-state index in [1.165, 1.54) is 12.1 Å². The molecular weight excluding hydrogens is 219 g/mol. The first-order chi connectivity index (χ1) is 6.84. The molecule has 0 aromatic heterocycles. The first-order valence-electron chi connectivity index (χ1n) is 4.46. The van der Waals surface area contributed by atoms with E-state index in [-0.39, 0.29) is 17.4 Å². The zero-order valence-corrected chi connectivity index (χ0v) is 9.38. The third-order valence-corrected chi connectivity index (χ3v) is 3.26. The van der Waals surface area contributed by atoms with Crippen LogP contribution in [0.15, 0.2) is 23.1 Å². The van der Waals surface area contributed by atoms with Gasteiger partial charge in [-0.2, -0.15) is 0 Å². The van der Waals surface area contributed by atoms with Crippen molar-refractivity contribution in [1.29, 1.82) is 0 Å². The van der Waals surface area contributed by atoms with E-state index in [0.717, 1.165) is 12.3 Å². The lowest BCUT2D eigenvalue weighted by Gasteiger charge is -2.09. The Kier molecular flexibility index (Phi) is 3.46. The summed E-state index contributed by atoms with van der Waals surface area (Å²) in [5.74, 6) is -0.880. The summed E-state index contributed by atoms with van der Waals surface area (Å²) in [7, 11) is -3.41. The molecule has 15 heavy (non-hydrogen) atoms. The number of aliphatic hydroxyl groups is 1. The van der Waals surface area contributed by atoms with Gasteiger partial charge in [0.2, 0.25) is 0 Å². The Hall–Kier alpha value is -0.940. The van der Waals surface area contributed by atoms with Crippen LogP contribution < -0.4 is 0 Å². The molecule has 0 saturated carbocycles. The van der Waals surface area contributed by atoms with Crippen LogP contribution in [0.25, 0.3) is 0 Å². The summed E-state index contributed by atoms with van der Waals surface area (Å²) in [5.41, 5.74) is 0.484. The van der Waals surface area contributed by atoms with Gasteiger partial charge in [-0.1, -0.05) is 6.92 Å². The summed E-state index contributed by atoms with van der Waals surface area (Å²) in [5, 5.41) is 8.90. The molecule has 0 aliphatic carbocycles. The van der Waals surface area contributed by atoms with E-state index in [2.05, 4.69) is 0 Å². The predicted molar refractivity (Wildman–Crippen MR) is 55.0 cm³/mol. The summed E-state index contributed by atoms with van der Waals surface area (Å²) in [6.07, 6.45) is 1.02. The summed E-state index contributed by atoms with van der Waals surface area (Å²) < 4.78 is 35.5. The zero-order valence-electron chi connectivity index (χ0n) is 8.57. The lowest BCUT2D eigenvalue weighted by Crippen LogP contribution is -2.04. The molecule has 0 aliphatic rings. The van der Waals surface area contributed by atoms with Crippen molar-refractivity contribution in [3.63, 3.8) is 0 Å². The van der Waals surface area contributed by atoms with Crippen LogP contribution in [-0.2, 0) is 9.84 Å². The minimum Gasteiger partial charge on any atom is -0.396 e. The van der Waals surface area contributed by atoms with Crippen LogP contribution in [0.2, 0.25) is 0 Å². The van der Waals surface area contributed by atoms with Gasteiger partial charge in [-0.3, -0.25) is 0 Å². The Labute approximate surface area is 88.5 Å². The summed E-state index contributed by atoms with van der Waals surface area (Å²) in [6, 6.07) is 3.60. The molecule has 0 heterocycles. The van der Waals surface area contributed by atoms with Crippen LogP contribution in [0.1, 0.15) is 18.4 Å².